The van der Waals surface area contributed by atoms with Crippen LogP contribution in [0.2, 0.25) is 0 Å². The maximum absolute atomic E-state index is 5.22. The molecule has 1 aliphatic rings. The predicted molar refractivity (Wildman–Crippen MR) is 63.2 cm³/mol. The van der Waals surface area contributed by atoms with Crippen LogP contribution < -0.4 is 10.1 Å². The lowest BCUT2D eigenvalue weighted by Crippen LogP contribution is -2.13. The van der Waals surface area contributed by atoms with Gasteiger partial charge in [-0.1, -0.05) is 17.7 Å². The van der Waals surface area contributed by atoms with Gasteiger partial charge in [0.05, 0.1) is 7.11 Å². The molecule has 0 aromatic heterocycles. The molecule has 2 rings (SSSR count). The highest BCUT2D eigenvalue weighted by Crippen LogP contribution is 2.26. The van der Waals surface area contributed by atoms with Gasteiger partial charge >= 0.3 is 0 Å². The molecule has 1 aliphatic carbocycles. The van der Waals surface area contributed by atoms with Crippen LogP contribution in [0.25, 0.3) is 6.08 Å². The maximum atomic E-state index is 5.22. The molecule has 1 N–H and O–H groups in total. The molecule has 0 spiro atoms. The van der Waals surface area contributed by atoms with E-state index in [1.54, 1.807) is 7.11 Å². The molecule has 0 amide bonds. The molecule has 2 nitrogen and oxygen atoms in total. The normalized spacial score (nSPS) is 14.4. The van der Waals surface area contributed by atoms with E-state index >= 15 is 0 Å². The SMILES string of the molecule is CNCC1=Cc2ccc(OC)cc2CC1. The average Bonchev–Trinajstić information content (AvgIpc) is 2.29. The van der Waals surface area contributed by atoms with Crippen LogP contribution in [0.3, 0.4) is 0 Å². The monoisotopic (exact) mass is 203 g/mol. The topological polar surface area (TPSA) is 21.3 Å². The van der Waals surface area contributed by atoms with Gasteiger partial charge in [0.15, 0.2) is 0 Å². The fourth-order valence-corrected chi connectivity index (χ4v) is 2.02. The average molecular weight is 203 g/mol. The van der Waals surface area contributed by atoms with Crippen LogP contribution in [0.4, 0.5) is 0 Å². The Morgan fingerprint density at radius 3 is 2.93 bits per heavy atom. The smallest absolute Gasteiger partial charge is 0.119 e. The van der Waals surface area contributed by atoms with Crippen molar-refractivity contribution in [2.24, 2.45) is 0 Å². The summed E-state index contributed by atoms with van der Waals surface area (Å²) in [7, 11) is 3.71. The van der Waals surface area contributed by atoms with E-state index in [4.69, 9.17) is 4.74 Å². The maximum Gasteiger partial charge on any atom is 0.119 e. The van der Waals surface area contributed by atoms with E-state index in [-0.39, 0.29) is 0 Å². The van der Waals surface area contributed by atoms with E-state index in [2.05, 4.69) is 23.5 Å². The van der Waals surface area contributed by atoms with Gasteiger partial charge in [-0.25, -0.2) is 0 Å². The molecular formula is C13H17NO. The lowest BCUT2D eigenvalue weighted by molar-refractivity contribution is 0.414. The van der Waals surface area contributed by atoms with Gasteiger partial charge in [0.25, 0.3) is 0 Å². The van der Waals surface area contributed by atoms with Gasteiger partial charge in [0.1, 0.15) is 5.75 Å². The molecule has 0 aliphatic heterocycles. The molecule has 2 heteroatoms. The number of hydrogen-bond donors (Lipinski definition) is 1. The van der Waals surface area contributed by atoms with E-state index in [0.717, 1.165) is 25.1 Å². The summed E-state index contributed by atoms with van der Waals surface area (Å²) in [6, 6.07) is 6.31. The highest BCUT2D eigenvalue weighted by atomic mass is 16.5. The summed E-state index contributed by atoms with van der Waals surface area (Å²) in [5.74, 6) is 0.958. The Balaban J connectivity index is 2.27. The third kappa shape index (κ3) is 2.21. The van der Waals surface area contributed by atoms with Crippen molar-refractivity contribution in [3.63, 3.8) is 0 Å². The number of rotatable bonds is 3. The third-order valence-corrected chi connectivity index (χ3v) is 2.83. The number of likely N-dealkylation sites (N-methyl/N-ethyl adjacent to an activating group) is 1. The van der Waals surface area contributed by atoms with Crippen LogP contribution in [0, 0.1) is 0 Å². The largest absolute Gasteiger partial charge is 0.497 e. The van der Waals surface area contributed by atoms with Crippen molar-refractivity contribution in [2.45, 2.75) is 12.8 Å². The summed E-state index contributed by atoms with van der Waals surface area (Å²) in [6.07, 6.45) is 4.57. The second kappa shape index (κ2) is 4.49. The first kappa shape index (κ1) is 10.2. The molecule has 0 heterocycles. The van der Waals surface area contributed by atoms with Crippen LogP contribution in [-0.4, -0.2) is 20.7 Å². The number of methoxy groups -OCH3 is 1. The second-order valence-corrected chi connectivity index (χ2v) is 3.90. The Kier molecular flexibility index (Phi) is 3.07. The van der Waals surface area contributed by atoms with Gasteiger partial charge < -0.3 is 10.1 Å². The molecule has 0 bridgehead atoms. The van der Waals surface area contributed by atoms with Crippen LogP contribution in [0.5, 0.6) is 5.75 Å². The summed E-state index contributed by atoms with van der Waals surface area (Å²) in [4.78, 5) is 0. The highest BCUT2D eigenvalue weighted by molar-refractivity contribution is 5.61. The Bertz CT molecular complexity index is 382. The second-order valence-electron chi connectivity index (χ2n) is 3.90. The van der Waals surface area contributed by atoms with Crippen LogP contribution in [0.15, 0.2) is 23.8 Å². The van der Waals surface area contributed by atoms with E-state index in [1.165, 1.54) is 16.7 Å². The first-order valence-corrected chi connectivity index (χ1v) is 5.34. The number of benzene rings is 1. The highest BCUT2D eigenvalue weighted by Gasteiger charge is 2.10. The molecule has 0 radical (unpaired) electrons. The summed E-state index contributed by atoms with van der Waals surface area (Å²) < 4.78 is 5.22. The Morgan fingerprint density at radius 2 is 2.20 bits per heavy atom. The van der Waals surface area contributed by atoms with Crippen molar-refractivity contribution in [2.75, 3.05) is 20.7 Å². The van der Waals surface area contributed by atoms with Gasteiger partial charge in [-0.3, -0.25) is 0 Å². The zero-order chi connectivity index (χ0) is 10.7. The predicted octanol–water partition coefficient (Wildman–Crippen LogP) is 2.24. The van der Waals surface area contributed by atoms with Gasteiger partial charge in [-0.05, 0) is 43.1 Å². The van der Waals surface area contributed by atoms with E-state index < -0.39 is 0 Å². The van der Waals surface area contributed by atoms with Crippen molar-refractivity contribution in [3.05, 3.63) is 34.9 Å². The van der Waals surface area contributed by atoms with Crippen molar-refractivity contribution in [1.29, 1.82) is 0 Å². The molecule has 0 saturated carbocycles. The quantitative estimate of drug-likeness (QED) is 0.813. The van der Waals surface area contributed by atoms with Crippen LogP contribution in [-0.2, 0) is 6.42 Å². The molecular weight excluding hydrogens is 186 g/mol. The van der Waals surface area contributed by atoms with Gasteiger partial charge in [0.2, 0.25) is 0 Å². The molecule has 1 aromatic rings. The number of hydrogen-bond acceptors (Lipinski definition) is 2. The minimum Gasteiger partial charge on any atom is -0.497 e. The molecule has 15 heavy (non-hydrogen) atoms. The van der Waals surface area contributed by atoms with Gasteiger partial charge in [0, 0.05) is 6.54 Å². The summed E-state index contributed by atoms with van der Waals surface area (Å²) >= 11 is 0. The van der Waals surface area contributed by atoms with E-state index in [1.807, 2.05) is 13.1 Å². The standard InChI is InChI=1S/C13H17NO/c1-14-9-10-3-4-12-8-13(15-2)6-5-11(12)7-10/h5-8,14H,3-4,9H2,1-2H3. The Morgan fingerprint density at radius 1 is 1.33 bits per heavy atom. The number of aryl methyl sites for hydroxylation is 1. The fourth-order valence-electron chi connectivity index (χ4n) is 2.02. The lowest BCUT2D eigenvalue weighted by atomic mass is 9.92. The number of nitrogens with one attached hydrogen (secondary N) is 1. The minimum atomic E-state index is 0.958. The molecule has 80 valence electrons. The summed E-state index contributed by atoms with van der Waals surface area (Å²) in [5, 5.41) is 3.20. The van der Waals surface area contributed by atoms with Crippen molar-refractivity contribution in [1.82, 2.24) is 5.32 Å². The van der Waals surface area contributed by atoms with Crippen LogP contribution >= 0.6 is 0 Å². The van der Waals surface area contributed by atoms with Crippen molar-refractivity contribution in [3.8, 4) is 5.75 Å². The van der Waals surface area contributed by atoms with E-state index in [0.29, 0.717) is 0 Å². The van der Waals surface area contributed by atoms with Gasteiger partial charge in [-0.2, -0.15) is 0 Å². The van der Waals surface area contributed by atoms with Crippen molar-refractivity contribution >= 4 is 6.08 Å². The van der Waals surface area contributed by atoms with Crippen molar-refractivity contribution < 1.29 is 4.74 Å². The molecule has 0 unspecified atom stereocenters. The summed E-state index contributed by atoms with van der Waals surface area (Å²) in [6.45, 7) is 0.992. The molecule has 0 atom stereocenters. The first-order chi connectivity index (χ1) is 7.33. The molecule has 0 fully saturated rings. The Hall–Kier alpha value is -1.28. The number of ether oxygens (including phenoxy) is 1. The van der Waals surface area contributed by atoms with Crippen LogP contribution in [0.1, 0.15) is 17.5 Å². The van der Waals surface area contributed by atoms with E-state index in [9.17, 15) is 0 Å². The lowest BCUT2D eigenvalue weighted by Gasteiger charge is -2.17. The third-order valence-electron chi connectivity index (χ3n) is 2.83. The van der Waals surface area contributed by atoms with Gasteiger partial charge in [-0.15, -0.1) is 0 Å². The minimum absolute atomic E-state index is 0.958. The Labute approximate surface area is 91.0 Å². The fraction of sp³-hybridized carbons (Fsp3) is 0.385. The molecule has 0 saturated heterocycles. The first-order valence-electron chi connectivity index (χ1n) is 5.34. The zero-order valence-corrected chi connectivity index (χ0v) is 9.34. The summed E-state index contributed by atoms with van der Waals surface area (Å²) in [5.41, 5.74) is 4.22. The molecule has 1 aromatic carbocycles. The zero-order valence-electron chi connectivity index (χ0n) is 9.34. The number of fused-ring (bicyclic) bond motifs is 1.